The van der Waals surface area contributed by atoms with Gasteiger partial charge in [0.25, 0.3) is 0 Å². The van der Waals surface area contributed by atoms with Gasteiger partial charge in [0.2, 0.25) is 0 Å². The van der Waals surface area contributed by atoms with Gasteiger partial charge in [-0.05, 0) is 47.3 Å². The predicted octanol–water partition coefficient (Wildman–Crippen LogP) is 2.39. The molecule has 0 saturated heterocycles. The standard InChI is InChI=1S/C14H19BrN4/c1-10-14(15)13(19(2)18-10)8-12(16)6-5-11-4-3-7-17-9-11/h3-4,7,9,12H,5-6,8,16H2,1-2H3. The van der Waals surface area contributed by atoms with Crippen LogP contribution in [0.15, 0.2) is 29.0 Å². The quantitative estimate of drug-likeness (QED) is 0.919. The highest BCUT2D eigenvalue weighted by atomic mass is 79.9. The number of nitrogens with zero attached hydrogens (tertiary/aromatic N) is 3. The molecule has 0 fully saturated rings. The minimum atomic E-state index is 0.131. The van der Waals surface area contributed by atoms with Crippen molar-refractivity contribution in [3.8, 4) is 0 Å². The van der Waals surface area contributed by atoms with E-state index in [0.717, 1.165) is 35.1 Å². The van der Waals surface area contributed by atoms with Crippen LogP contribution in [0.4, 0.5) is 0 Å². The maximum Gasteiger partial charge on any atom is 0.0738 e. The van der Waals surface area contributed by atoms with E-state index in [1.807, 2.05) is 30.9 Å². The second-order valence-electron chi connectivity index (χ2n) is 4.83. The molecule has 2 aromatic heterocycles. The first kappa shape index (κ1) is 14.2. The van der Waals surface area contributed by atoms with Crippen molar-refractivity contribution in [2.75, 3.05) is 0 Å². The van der Waals surface area contributed by atoms with Gasteiger partial charge >= 0.3 is 0 Å². The van der Waals surface area contributed by atoms with Crippen LogP contribution in [0.25, 0.3) is 0 Å². The van der Waals surface area contributed by atoms with Crippen molar-refractivity contribution in [1.82, 2.24) is 14.8 Å². The number of nitrogens with two attached hydrogens (primary N) is 1. The summed E-state index contributed by atoms with van der Waals surface area (Å²) in [6.07, 6.45) is 6.43. The summed E-state index contributed by atoms with van der Waals surface area (Å²) >= 11 is 3.58. The first-order valence-electron chi connectivity index (χ1n) is 6.40. The minimum absolute atomic E-state index is 0.131. The predicted molar refractivity (Wildman–Crippen MR) is 79.9 cm³/mol. The fourth-order valence-corrected chi connectivity index (χ4v) is 2.65. The van der Waals surface area contributed by atoms with Crippen LogP contribution < -0.4 is 5.73 Å². The van der Waals surface area contributed by atoms with Crippen molar-refractivity contribution in [3.05, 3.63) is 46.0 Å². The van der Waals surface area contributed by atoms with Gasteiger partial charge in [-0.1, -0.05) is 6.07 Å². The zero-order valence-electron chi connectivity index (χ0n) is 11.3. The Kier molecular flexibility index (Phi) is 4.71. The summed E-state index contributed by atoms with van der Waals surface area (Å²) in [5, 5.41) is 4.39. The van der Waals surface area contributed by atoms with Crippen LogP contribution in [-0.2, 0) is 19.9 Å². The Morgan fingerprint density at radius 2 is 2.26 bits per heavy atom. The van der Waals surface area contributed by atoms with Crippen LogP contribution in [0, 0.1) is 6.92 Å². The maximum absolute atomic E-state index is 6.22. The van der Waals surface area contributed by atoms with E-state index in [1.54, 1.807) is 6.20 Å². The Morgan fingerprint density at radius 1 is 1.47 bits per heavy atom. The van der Waals surface area contributed by atoms with E-state index in [4.69, 9.17) is 5.73 Å². The lowest BCUT2D eigenvalue weighted by Crippen LogP contribution is -2.25. The van der Waals surface area contributed by atoms with E-state index < -0.39 is 0 Å². The molecule has 102 valence electrons. The van der Waals surface area contributed by atoms with Crippen molar-refractivity contribution in [2.24, 2.45) is 12.8 Å². The highest BCUT2D eigenvalue weighted by molar-refractivity contribution is 9.10. The van der Waals surface area contributed by atoms with E-state index in [0.29, 0.717) is 0 Å². The van der Waals surface area contributed by atoms with Gasteiger partial charge in [0.05, 0.1) is 15.9 Å². The number of aromatic nitrogens is 3. The van der Waals surface area contributed by atoms with E-state index in [2.05, 4.69) is 32.1 Å². The number of pyridine rings is 1. The Labute approximate surface area is 122 Å². The fraction of sp³-hybridized carbons (Fsp3) is 0.429. The molecule has 0 aromatic carbocycles. The van der Waals surface area contributed by atoms with E-state index in [1.165, 1.54) is 5.56 Å². The molecule has 4 nitrogen and oxygen atoms in total. The third kappa shape index (κ3) is 3.64. The molecule has 0 aliphatic rings. The third-order valence-electron chi connectivity index (χ3n) is 3.24. The van der Waals surface area contributed by atoms with Gasteiger partial charge in [-0.2, -0.15) is 5.10 Å². The maximum atomic E-state index is 6.22. The van der Waals surface area contributed by atoms with E-state index in [-0.39, 0.29) is 6.04 Å². The zero-order valence-corrected chi connectivity index (χ0v) is 12.9. The summed E-state index contributed by atoms with van der Waals surface area (Å²) in [6.45, 7) is 1.99. The minimum Gasteiger partial charge on any atom is -0.327 e. The van der Waals surface area contributed by atoms with Crippen molar-refractivity contribution in [2.45, 2.75) is 32.2 Å². The van der Waals surface area contributed by atoms with Gasteiger partial charge in [-0.25, -0.2) is 0 Å². The van der Waals surface area contributed by atoms with Gasteiger partial charge in [-0.15, -0.1) is 0 Å². The molecule has 0 aliphatic carbocycles. The van der Waals surface area contributed by atoms with Gasteiger partial charge in [0.15, 0.2) is 0 Å². The number of hydrogen-bond donors (Lipinski definition) is 1. The number of rotatable bonds is 5. The second kappa shape index (κ2) is 6.30. The lowest BCUT2D eigenvalue weighted by atomic mass is 10.0. The summed E-state index contributed by atoms with van der Waals surface area (Å²) in [5.74, 6) is 0. The Bertz CT molecular complexity index is 536. The average Bonchev–Trinajstić information content (AvgIpc) is 2.64. The molecule has 2 heterocycles. The van der Waals surface area contributed by atoms with Crippen molar-refractivity contribution in [1.29, 1.82) is 0 Å². The van der Waals surface area contributed by atoms with Gasteiger partial charge in [-0.3, -0.25) is 9.67 Å². The number of aryl methyl sites for hydroxylation is 3. The van der Waals surface area contributed by atoms with Crippen LogP contribution in [0.3, 0.4) is 0 Å². The van der Waals surface area contributed by atoms with Crippen LogP contribution in [0.2, 0.25) is 0 Å². The Balaban J connectivity index is 1.92. The average molecular weight is 323 g/mol. The molecule has 0 amide bonds. The fourth-order valence-electron chi connectivity index (χ4n) is 2.15. The number of halogens is 1. The summed E-state index contributed by atoms with van der Waals surface area (Å²) < 4.78 is 2.98. The summed E-state index contributed by atoms with van der Waals surface area (Å²) in [6, 6.07) is 4.18. The first-order chi connectivity index (χ1) is 9.08. The van der Waals surface area contributed by atoms with Gasteiger partial charge in [0.1, 0.15) is 0 Å². The molecule has 0 saturated carbocycles. The smallest absolute Gasteiger partial charge is 0.0738 e. The molecule has 1 unspecified atom stereocenters. The SMILES string of the molecule is Cc1nn(C)c(CC(N)CCc2cccnc2)c1Br. The highest BCUT2D eigenvalue weighted by Crippen LogP contribution is 2.21. The largest absolute Gasteiger partial charge is 0.327 e. The molecule has 0 radical (unpaired) electrons. The summed E-state index contributed by atoms with van der Waals surface area (Å²) in [4.78, 5) is 4.12. The van der Waals surface area contributed by atoms with Crippen molar-refractivity contribution < 1.29 is 0 Å². The zero-order chi connectivity index (χ0) is 13.8. The molecule has 2 aromatic rings. The third-order valence-corrected chi connectivity index (χ3v) is 4.28. The first-order valence-corrected chi connectivity index (χ1v) is 7.19. The highest BCUT2D eigenvalue weighted by Gasteiger charge is 2.14. The topological polar surface area (TPSA) is 56.7 Å². The Hall–Kier alpha value is -1.20. The van der Waals surface area contributed by atoms with Crippen LogP contribution in [-0.4, -0.2) is 20.8 Å². The van der Waals surface area contributed by atoms with Crippen molar-refractivity contribution in [3.63, 3.8) is 0 Å². The van der Waals surface area contributed by atoms with Gasteiger partial charge < -0.3 is 5.73 Å². The molecule has 2 N–H and O–H groups in total. The molecule has 0 spiro atoms. The lowest BCUT2D eigenvalue weighted by molar-refractivity contribution is 0.576. The van der Waals surface area contributed by atoms with E-state index in [9.17, 15) is 0 Å². The lowest BCUT2D eigenvalue weighted by Gasteiger charge is -2.12. The molecule has 0 bridgehead atoms. The van der Waals surface area contributed by atoms with Gasteiger partial charge in [0, 0.05) is 31.9 Å². The monoisotopic (exact) mass is 322 g/mol. The van der Waals surface area contributed by atoms with Crippen LogP contribution >= 0.6 is 15.9 Å². The molecular weight excluding hydrogens is 304 g/mol. The van der Waals surface area contributed by atoms with Crippen LogP contribution in [0.5, 0.6) is 0 Å². The second-order valence-corrected chi connectivity index (χ2v) is 5.63. The molecule has 5 heteroatoms. The molecular formula is C14H19BrN4. The molecule has 2 rings (SSSR count). The number of hydrogen-bond acceptors (Lipinski definition) is 3. The molecule has 19 heavy (non-hydrogen) atoms. The normalized spacial score (nSPS) is 12.6. The van der Waals surface area contributed by atoms with Crippen molar-refractivity contribution >= 4 is 15.9 Å². The van der Waals surface area contributed by atoms with E-state index >= 15 is 0 Å². The molecule has 1 atom stereocenters. The molecule has 0 aliphatic heterocycles. The summed E-state index contributed by atoms with van der Waals surface area (Å²) in [7, 11) is 1.96. The van der Waals surface area contributed by atoms with Crippen LogP contribution in [0.1, 0.15) is 23.4 Å². The Morgan fingerprint density at radius 3 is 2.84 bits per heavy atom. The summed E-state index contributed by atoms with van der Waals surface area (Å²) in [5.41, 5.74) is 9.63.